The average Bonchev–Trinajstić information content (AvgIpc) is 3.87. The van der Waals surface area contributed by atoms with Crippen LogP contribution in [0.15, 0.2) is 158 Å². The molecule has 11 aromatic rings. The quantitative estimate of drug-likeness (QED) is 0.199. The van der Waals surface area contributed by atoms with E-state index in [1.807, 2.05) is 0 Å². The molecule has 6 heteroatoms. The summed E-state index contributed by atoms with van der Waals surface area (Å²) in [4.78, 5) is 10.2. The average molecular weight is 615 g/mol. The van der Waals surface area contributed by atoms with E-state index in [1.54, 1.807) is 0 Å². The Kier molecular flexibility index (Phi) is 5.02. The Morgan fingerprint density at radius 3 is 1.48 bits per heavy atom. The molecule has 0 saturated heterocycles. The summed E-state index contributed by atoms with van der Waals surface area (Å²) in [6.07, 6.45) is 0. The molecule has 224 valence electrons. The summed E-state index contributed by atoms with van der Waals surface area (Å²) < 4.78 is 9.13. The summed E-state index contributed by atoms with van der Waals surface area (Å²) in [6.45, 7) is 0. The Labute approximate surface area is 274 Å². The van der Waals surface area contributed by atoms with Crippen LogP contribution in [0.25, 0.3) is 89.0 Å². The van der Waals surface area contributed by atoms with E-state index < -0.39 is 0 Å². The van der Waals surface area contributed by atoms with E-state index in [0.717, 1.165) is 78.2 Å². The lowest BCUT2D eigenvalue weighted by Crippen LogP contribution is -1.95. The molecule has 0 spiro atoms. The van der Waals surface area contributed by atoms with Crippen LogP contribution in [0, 0.1) is 0 Å². The van der Waals surface area contributed by atoms with E-state index >= 15 is 0 Å². The van der Waals surface area contributed by atoms with E-state index in [4.69, 9.17) is 9.97 Å². The van der Waals surface area contributed by atoms with Gasteiger partial charge in [-0.1, -0.05) is 84.9 Å². The van der Waals surface area contributed by atoms with Gasteiger partial charge in [0.15, 0.2) is 0 Å². The van der Waals surface area contributed by atoms with Crippen molar-refractivity contribution in [3.8, 4) is 22.5 Å². The minimum absolute atomic E-state index is 0.903. The second-order valence-corrected chi connectivity index (χ2v) is 12.4. The second-order valence-electron chi connectivity index (χ2n) is 12.4. The van der Waals surface area contributed by atoms with Gasteiger partial charge in [0.1, 0.15) is 0 Å². The molecule has 0 aliphatic rings. The summed E-state index contributed by atoms with van der Waals surface area (Å²) in [6, 6.07) is 56.0. The van der Waals surface area contributed by atoms with Crippen LogP contribution in [0.1, 0.15) is 0 Å². The number of nitrogens with zero attached hydrogens (tertiary/aromatic N) is 6. The van der Waals surface area contributed by atoms with Gasteiger partial charge < -0.3 is 0 Å². The molecule has 4 aromatic heterocycles. The molecule has 48 heavy (non-hydrogen) atoms. The monoisotopic (exact) mass is 614 g/mol. The SMILES string of the molecule is c1ccc(-n2c3ccc(-c4ccc5c(c4)n4c6ccccc6nc4n5-c4ccc5ccccc5c4)cc3n3c4ccccc4nc23)cc1. The smallest absolute Gasteiger partial charge is 0.220 e. The lowest BCUT2D eigenvalue weighted by molar-refractivity contribution is 1.11. The van der Waals surface area contributed by atoms with Crippen LogP contribution in [0.3, 0.4) is 0 Å². The molecule has 0 bridgehead atoms. The number of hydrogen-bond acceptors (Lipinski definition) is 2. The van der Waals surface area contributed by atoms with Gasteiger partial charge in [-0.15, -0.1) is 0 Å². The van der Waals surface area contributed by atoms with E-state index in [2.05, 4.69) is 176 Å². The van der Waals surface area contributed by atoms with Crippen molar-refractivity contribution in [2.75, 3.05) is 0 Å². The van der Waals surface area contributed by atoms with E-state index in [1.165, 1.54) is 10.8 Å². The highest BCUT2D eigenvalue weighted by Crippen LogP contribution is 2.36. The molecule has 0 radical (unpaired) electrons. The van der Waals surface area contributed by atoms with Crippen molar-refractivity contribution in [3.05, 3.63) is 158 Å². The van der Waals surface area contributed by atoms with Gasteiger partial charge in [0.2, 0.25) is 11.6 Å². The van der Waals surface area contributed by atoms with Crippen molar-refractivity contribution >= 4 is 66.5 Å². The van der Waals surface area contributed by atoms with E-state index in [0.29, 0.717) is 0 Å². The fourth-order valence-electron chi connectivity index (χ4n) is 7.56. The predicted octanol–water partition coefficient (Wildman–Crippen LogP) is 10.00. The highest BCUT2D eigenvalue weighted by molar-refractivity contribution is 5.97. The maximum absolute atomic E-state index is 5.15. The Balaban J connectivity index is 1.18. The molecule has 0 fully saturated rings. The molecule has 6 nitrogen and oxygen atoms in total. The fraction of sp³-hybridized carbons (Fsp3) is 0. The summed E-state index contributed by atoms with van der Waals surface area (Å²) in [5.74, 6) is 1.81. The highest BCUT2D eigenvalue weighted by atomic mass is 15.2. The molecule has 0 aliphatic heterocycles. The maximum Gasteiger partial charge on any atom is 0.220 e. The number of hydrogen-bond donors (Lipinski definition) is 0. The highest BCUT2D eigenvalue weighted by Gasteiger charge is 2.20. The standard InChI is InChI=1S/C42H26N6/c1-2-12-31(13-3-1)45-37-22-19-29(25-39(37)47-35-16-8-6-14-33(35)43-41(45)47)30-20-23-38-40(26-30)48-36-17-9-7-15-34(36)44-42(48)46(38)32-21-18-27-10-4-5-11-28(27)24-32/h1-26H. The van der Waals surface area contributed by atoms with Crippen LogP contribution in [0.4, 0.5) is 0 Å². The lowest BCUT2D eigenvalue weighted by atomic mass is 10.0. The van der Waals surface area contributed by atoms with Crippen molar-refractivity contribution in [2.45, 2.75) is 0 Å². The maximum atomic E-state index is 5.15. The van der Waals surface area contributed by atoms with Crippen molar-refractivity contribution in [1.82, 2.24) is 27.9 Å². The van der Waals surface area contributed by atoms with Gasteiger partial charge in [0.05, 0.1) is 44.1 Å². The third kappa shape index (κ3) is 3.46. The zero-order valence-corrected chi connectivity index (χ0v) is 25.7. The van der Waals surface area contributed by atoms with Gasteiger partial charge in [-0.2, -0.15) is 0 Å². The Morgan fingerprint density at radius 2 is 0.854 bits per heavy atom. The van der Waals surface area contributed by atoms with Gasteiger partial charge in [-0.3, -0.25) is 17.9 Å². The van der Waals surface area contributed by atoms with Crippen LogP contribution >= 0.6 is 0 Å². The Bertz CT molecular complexity index is 3060. The van der Waals surface area contributed by atoms with Crippen LogP contribution in [0.5, 0.6) is 0 Å². The topological polar surface area (TPSA) is 44.5 Å². The zero-order chi connectivity index (χ0) is 31.3. The summed E-state index contributed by atoms with van der Waals surface area (Å²) in [5, 5.41) is 2.43. The van der Waals surface area contributed by atoms with Gasteiger partial charge in [-0.05, 0) is 94.7 Å². The summed E-state index contributed by atoms with van der Waals surface area (Å²) in [5.41, 5.74) is 13.1. The zero-order valence-electron chi connectivity index (χ0n) is 25.7. The molecular weight excluding hydrogens is 589 g/mol. The number of fused-ring (bicyclic) bond motifs is 11. The first-order valence-electron chi connectivity index (χ1n) is 16.2. The minimum Gasteiger partial charge on any atom is -0.278 e. The molecule has 7 aromatic carbocycles. The number of benzene rings is 7. The summed E-state index contributed by atoms with van der Waals surface area (Å²) in [7, 11) is 0. The number of para-hydroxylation sites is 5. The minimum atomic E-state index is 0.903. The number of aromatic nitrogens is 6. The summed E-state index contributed by atoms with van der Waals surface area (Å²) >= 11 is 0. The van der Waals surface area contributed by atoms with Crippen LogP contribution in [0.2, 0.25) is 0 Å². The normalized spacial score (nSPS) is 12.2. The van der Waals surface area contributed by atoms with E-state index in [-0.39, 0.29) is 0 Å². The van der Waals surface area contributed by atoms with Crippen molar-refractivity contribution < 1.29 is 0 Å². The molecule has 0 N–H and O–H groups in total. The van der Waals surface area contributed by atoms with Gasteiger partial charge in [0, 0.05) is 11.4 Å². The molecule has 0 aliphatic carbocycles. The van der Waals surface area contributed by atoms with Crippen molar-refractivity contribution in [1.29, 1.82) is 0 Å². The first kappa shape index (κ1) is 25.5. The molecule has 0 amide bonds. The number of imidazole rings is 4. The molecular formula is C42H26N6. The first-order chi connectivity index (χ1) is 23.8. The van der Waals surface area contributed by atoms with Crippen molar-refractivity contribution in [3.63, 3.8) is 0 Å². The molecule has 0 atom stereocenters. The lowest BCUT2D eigenvalue weighted by Gasteiger charge is -2.09. The van der Waals surface area contributed by atoms with Crippen LogP contribution in [-0.4, -0.2) is 27.9 Å². The van der Waals surface area contributed by atoms with Crippen LogP contribution < -0.4 is 0 Å². The first-order valence-corrected chi connectivity index (χ1v) is 16.2. The van der Waals surface area contributed by atoms with Gasteiger partial charge in [-0.25, -0.2) is 9.97 Å². The largest absolute Gasteiger partial charge is 0.278 e. The Morgan fingerprint density at radius 1 is 0.333 bits per heavy atom. The molecule has 0 saturated carbocycles. The fourth-order valence-corrected chi connectivity index (χ4v) is 7.56. The van der Waals surface area contributed by atoms with Gasteiger partial charge in [0.25, 0.3) is 0 Å². The van der Waals surface area contributed by atoms with Crippen LogP contribution in [-0.2, 0) is 0 Å². The van der Waals surface area contributed by atoms with Crippen molar-refractivity contribution in [2.24, 2.45) is 0 Å². The third-order valence-corrected chi connectivity index (χ3v) is 9.74. The second kappa shape index (κ2) is 9.44. The molecule has 4 heterocycles. The molecule has 11 rings (SSSR count). The Hall–Kier alpha value is -6.66. The van der Waals surface area contributed by atoms with Gasteiger partial charge >= 0.3 is 0 Å². The predicted molar refractivity (Wildman–Crippen MR) is 196 cm³/mol. The van der Waals surface area contributed by atoms with E-state index in [9.17, 15) is 0 Å². The molecule has 0 unspecified atom stereocenters. The third-order valence-electron chi connectivity index (χ3n) is 9.74. The number of rotatable bonds is 3.